The number of fused-ring (bicyclic) bond motifs is 1. The molecule has 2 heterocycles. The first-order valence-corrected chi connectivity index (χ1v) is 13.0. The summed E-state index contributed by atoms with van der Waals surface area (Å²) in [6.07, 6.45) is 3.97. The molecule has 182 valence electrons. The first-order valence-electron chi connectivity index (χ1n) is 12.2. The minimum atomic E-state index is -0.292. The third kappa shape index (κ3) is 5.04. The van der Waals surface area contributed by atoms with E-state index in [0.29, 0.717) is 48.0 Å². The minimum Gasteiger partial charge on any atom is -0.369 e. The normalized spacial score (nSPS) is 18.9. The third-order valence-corrected chi connectivity index (χ3v) is 8.57. The van der Waals surface area contributed by atoms with Crippen LogP contribution in [0, 0.1) is 24.2 Å². The van der Waals surface area contributed by atoms with E-state index >= 15 is 0 Å². The molecule has 1 aromatic heterocycles. The number of likely N-dealkylation sites (tertiary alicyclic amines) is 1. The second kappa shape index (κ2) is 9.53. The zero-order chi connectivity index (χ0) is 24.6. The van der Waals surface area contributed by atoms with Crippen LogP contribution >= 0.6 is 11.3 Å². The molecule has 2 aromatic rings. The number of rotatable bonds is 4. The first kappa shape index (κ1) is 24.5. The predicted octanol–water partition coefficient (Wildman–Crippen LogP) is 4.80. The van der Waals surface area contributed by atoms with Crippen molar-refractivity contribution < 1.29 is 14.4 Å². The number of nitrogens with two attached hydrogens (primary N) is 1. The number of hydrogen-bond donors (Lipinski definition) is 2. The van der Waals surface area contributed by atoms with Crippen LogP contribution in [0.4, 0.5) is 5.00 Å². The highest BCUT2D eigenvalue weighted by Crippen LogP contribution is 2.45. The standard InChI is InChI=1S/C27H35N3O3S/c1-16-6-5-7-18(14-16)24(32)29-25-22(26(33)30-12-10-17(11-13-30)23(28)31)20-9-8-19(27(2,3)4)15-21(20)34-25/h5-7,14,17,19H,8-13,15H2,1-4H3,(H2,28,31)(H,29,32). The van der Waals surface area contributed by atoms with Gasteiger partial charge in [-0.05, 0) is 68.1 Å². The monoisotopic (exact) mass is 481 g/mol. The lowest BCUT2D eigenvalue weighted by atomic mass is 9.72. The van der Waals surface area contributed by atoms with E-state index < -0.39 is 0 Å². The Morgan fingerprint density at radius 1 is 1.12 bits per heavy atom. The van der Waals surface area contributed by atoms with E-state index in [2.05, 4.69) is 26.1 Å². The van der Waals surface area contributed by atoms with Gasteiger partial charge in [0.05, 0.1) is 5.56 Å². The Morgan fingerprint density at radius 2 is 1.82 bits per heavy atom. The number of benzene rings is 1. The number of anilines is 1. The van der Waals surface area contributed by atoms with Crippen LogP contribution < -0.4 is 11.1 Å². The van der Waals surface area contributed by atoms with Crippen molar-refractivity contribution in [2.24, 2.45) is 23.0 Å². The minimum absolute atomic E-state index is 0.0471. The Labute approximate surface area is 205 Å². The van der Waals surface area contributed by atoms with Crippen molar-refractivity contribution in [1.82, 2.24) is 4.90 Å². The Morgan fingerprint density at radius 3 is 2.44 bits per heavy atom. The van der Waals surface area contributed by atoms with Gasteiger partial charge in [-0.2, -0.15) is 0 Å². The molecule has 1 aliphatic heterocycles. The fourth-order valence-electron chi connectivity index (χ4n) is 5.13. The van der Waals surface area contributed by atoms with E-state index in [9.17, 15) is 14.4 Å². The second-order valence-electron chi connectivity index (χ2n) is 10.8. The van der Waals surface area contributed by atoms with Gasteiger partial charge in [0.1, 0.15) is 5.00 Å². The van der Waals surface area contributed by atoms with Gasteiger partial charge in [0.15, 0.2) is 0 Å². The number of thiophene rings is 1. The van der Waals surface area contributed by atoms with Crippen molar-refractivity contribution >= 4 is 34.1 Å². The van der Waals surface area contributed by atoms with Crippen LogP contribution in [0.3, 0.4) is 0 Å². The molecule has 1 saturated heterocycles. The van der Waals surface area contributed by atoms with Gasteiger partial charge in [-0.1, -0.05) is 38.5 Å². The summed E-state index contributed by atoms with van der Waals surface area (Å²) < 4.78 is 0. The van der Waals surface area contributed by atoms with E-state index in [1.807, 2.05) is 30.0 Å². The molecule has 3 N–H and O–H groups in total. The van der Waals surface area contributed by atoms with Gasteiger partial charge in [-0.3, -0.25) is 14.4 Å². The van der Waals surface area contributed by atoms with Crippen molar-refractivity contribution in [2.75, 3.05) is 18.4 Å². The molecule has 1 fully saturated rings. The molecule has 6 nitrogen and oxygen atoms in total. The van der Waals surface area contributed by atoms with Crippen LogP contribution in [0.2, 0.25) is 0 Å². The summed E-state index contributed by atoms with van der Waals surface area (Å²) in [5.41, 5.74) is 9.00. The van der Waals surface area contributed by atoms with Crippen molar-refractivity contribution in [3.05, 3.63) is 51.4 Å². The molecule has 0 saturated carbocycles. The third-order valence-electron chi connectivity index (χ3n) is 7.40. The molecule has 0 radical (unpaired) electrons. The topological polar surface area (TPSA) is 92.5 Å². The highest BCUT2D eigenvalue weighted by atomic mass is 32.1. The summed E-state index contributed by atoms with van der Waals surface area (Å²) in [6.45, 7) is 9.78. The van der Waals surface area contributed by atoms with E-state index in [0.717, 1.165) is 30.4 Å². The summed E-state index contributed by atoms with van der Waals surface area (Å²) >= 11 is 1.55. The first-order chi connectivity index (χ1) is 16.0. The molecule has 0 bridgehead atoms. The van der Waals surface area contributed by atoms with E-state index in [1.165, 1.54) is 4.88 Å². The molecule has 0 spiro atoms. The zero-order valence-corrected chi connectivity index (χ0v) is 21.4. The Bertz CT molecular complexity index is 1110. The number of carbonyl (C=O) groups excluding carboxylic acids is 3. The van der Waals surface area contributed by atoms with Crippen molar-refractivity contribution in [1.29, 1.82) is 0 Å². The van der Waals surface area contributed by atoms with E-state index in [-0.39, 0.29) is 29.1 Å². The van der Waals surface area contributed by atoms with Gasteiger partial charge in [-0.25, -0.2) is 0 Å². The van der Waals surface area contributed by atoms with Gasteiger partial charge in [-0.15, -0.1) is 11.3 Å². The number of primary amides is 1. The average Bonchev–Trinajstić information content (AvgIpc) is 3.15. The van der Waals surface area contributed by atoms with Crippen LogP contribution in [-0.2, 0) is 17.6 Å². The van der Waals surface area contributed by atoms with Crippen LogP contribution in [-0.4, -0.2) is 35.7 Å². The maximum absolute atomic E-state index is 13.7. The molecule has 2 aliphatic rings. The number of carbonyl (C=O) groups is 3. The summed E-state index contributed by atoms with van der Waals surface area (Å²) in [6, 6.07) is 7.47. The maximum Gasteiger partial charge on any atom is 0.257 e. The number of hydrogen-bond acceptors (Lipinski definition) is 4. The molecule has 1 atom stereocenters. The lowest BCUT2D eigenvalue weighted by Gasteiger charge is -2.34. The lowest BCUT2D eigenvalue weighted by molar-refractivity contribution is -0.123. The molecule has 3 amide bonds. The molecule has 1 aromatic carbocycles. The summed E-state index contributed by atoms with van der Waals surface area (Å²) in [5, 5.41) is 3.72. The second-order valence-corrected chi connectivity index (χ2v) is 11.9. The fraction of sp³-hybridized carbons (Fsp3) is 0.519. The molecule has 1 unspecified atom stereocenters. The molecule has 7 heteroatoms. The summed E-state index contributed by atoms with van der Waals surface area (Å²) in [5.74, 6) is -0.175. The van der Waals surface area contributed by atoms with E-state index in [4.69, 9.17) is 5.73 Å². The Hall–Kier alpha value is -2.67. The fourth-order valence-corrected chi connectivity index (χ4v) is 6.44. The largest absolute Gasteiger partial charge is 0.369 e. The van der Waals surface area contributed by atoms with Crippen LogP contribution in [0.25, 0.3) is 0 Å². The smallest absolute Gasteiger partial charge is 0.257 e. The highest BCUT2D eigenvalue weighted by Gasteiger charge is 2.36. The van der Waals surface area contributed by atoms with Crippen molar-refractivity contribution in [3.63, 3.8) is 0 Å². The molecule has 4 rings (SSSR count). The maximum atomic E-state index is 13.7. The zero-order valence-electron chi connectivity index (χ0n) is 20.6. The highest BCUT2D eigenvalue weighted by molar-refractivity contribution is 7.17. The van der Waals surface area contributed by atoms with Gasteiger partial charge in [0.25, 0.3) is 11.8 Å². The molecule has 1 aliphatic carbocycles. The summed E-state index contributed by atoms with van der Waals surface area (Å²) in [7, 11) is 0. The van der Waals surface area contributed by atoms with Crippen LogP contribution in [0.15, 0.2) is 24.3 Å². The predicted molar refractivity (Wildman–Crippen MR) is 136 cm³/mol. The number of amides is 3. The average molecular weight is 482 g/mol. The van der Waals surface area contributed by atoms with Gasteiger partial charge in [0, 0.05) is 29.4 Å². The molecular formula is C27H35N3O3S. The molecule has 34 heavy (non-hydrogen) atoms. The quantitative estimate of drug-likeness (QED) is 0.657. The van der Waals surface area contributed by atoms with Gasteiger partial charge >= 0.3 is 0 Å². The van der Waals surface area contributed by atoms with Gasteiger partial charge < -0.3 is 16.0 Å². The molecular weight excluding hydrogens is 446 g/mol. The number of nitrogens with zero attached hydrogens (tertiary/aromatic N) is 1. The Balaban J connectivity index is 1.65. The number of piperidine rings is 1. The number of nitrogens with one attached hydrogen (secondary N) is 1. The van der Waals surface area contributed by atoms with Crippen LogP contribution in [0.1, 0.15) is 76.8 Å². The van der Waals surface area contributed by atoms with Crippen molar-refractivity contribution in [3.8, 4) is 0 Å². The van der Waals surface area contributed by atoms with Crippen molar-refractivity contribution in [2.45, 2.75) is 59.8 Å². The lowest BCUT2D eigenvalue weighted by Crippen LogP contribution is -2.42. The van der Waals surface area contributed by atoms with Crippen LogP contribution in [0.5, 0.6) is 0 Å². The Kier molecular flexibility index (Phi) is 6.85. The number of aryl methyl sites for hydroxylation is 1. The summed E-state index contributed by atoms with van der Waals surface area (Å²) in [4.78, 5) is 41.4. The van der Waals surface area contributed by atoms with Gasteiger partial charge in [0.2, 0.25) is 5.91 Å². The van der Waals surface area contributed by atoms with E-state index in [1.54, 1.807) is 17.4 Å². The SMILES string of the molecule is Cc1cccc(C(=O)Nc2sc3c(c2C(=O)N2CCC(C(N)=O)CC2)CCC(C(C)(C)C)C3)c1.